The Morgan fingerprint density at radius 2 is 2.10 bits per heavy atom. The predicted octanol–water partition coefficient (Wildman–Crippen LogP) is 1.69. The van der Waals surface area contributed by atoms with Crippen molar-refractivity contribution in [2.24, 2.45) is 0 Å². The molecule has 2 rings (SSSR count). The summed E-state index contributed by atoms with van der Waals surface area (Å²) in [5.74, 6) is -0.119. The Balaban J connectivity index is 1.60. The van der Waals surface area contributed by atoms with Gasteiger partial charge in [0, 0.05) is 31.2 Å². The van der Waals surface area contributed by atoms with Gasteiger partial charge in [-0.15, -0.1) is 0 Å². The van der Waals surface area contributed by atoms with E-state index in [0.717, 1.165) is 30.8 Å². The van der Waals surface area contributed by atoms with E-state index >= 15 is 0 Å². The van der Waals surface area contributed by atoms with Gasteiger partial charge < -0.3 is 10.6 Å². The molecule has 0 atom stereocenters. The summed E-state index contributed by atoms with van der Waals surface area (Å²) < 4.78 is 0. The third-order valence-corrected chi connectivity index (χ3v) is 2.99. The highest BCUT2D eigenvalue weighted by Gasteiger charge is 2.05. The van der Waals surface area contributed by atoms with Crippen molar-refractivity contribution in [2.75, 3.05) is 13.1 Å². The number of pyridine rings is 2. The molecule has 2 heterocycles. The van der Waals surface area contributed by atoms with Crippen molar-refractivity contribution in [2.45, 2.75) is 19.9 Å². The van der Waals surface area contributed by atoms with Gasteiger partial charge in [-0.05, 0) is 43.7 Å². The molecule has 21 heavy (non-hydrogen) atoms. The van der Waals surface area contributed by atoms with Crippen LogP contribution in [-0.4, -0.2) is 29.0 Å². The van der Waals surface area contributed by atoms with Crippen LogP contribution in [0.15, 0.2) is 42.7 Å². The summed E-state index contributed by atoms with van der Waals surface area (Å²) in [6.45, 7) is 4.14. The highest BCUT2D eigenvalue weighted by molar-refractivity contribution is 5.92. The van der Waals surface area contributed by atoms with E-state index in [1.54, 1.807) is 12.3 Å². The first-order valence-corrected chi connectivity index (χ1v) is 7.07. The molecule has 0 unspecified atom stereocenters. The Morgan fingerprint density at radius 1 is 1.19 bits per heavy atom. The van der Waals surface area contributed by atoms with Crippen molar-refractivity contribution < 1.29 is 4.79 Å². The SMILES string of the molecule is Cc1cccc(C(=O)NCCCNCc2cccnc2)n1. The molecule has 2 aromatic rings. The van der Waals surface area contributed by atoms with Crippen molar-refractivity contribution >= 4 is 5.91 Å². The summed E-state index contributed by atoms with van der Waals surface area (Å²) in [6.07, 6.45) is 4.48. The molecule has 0 spiro atoms. The van der Waals surface area contributed by atoms with Crippen LogP contribution in [0.5, 0.6) is 0 Å². The maximum atomic E-state index is 11.8. The Bertz CT molecular complexity index is 571. The number of carbonyl (C=O) groups is 1. The van der Waals surface area contributed by atoms with E-state index in [4.69, 9.17) is 0 Å². The number of carbonyl (C=O) groups excluding carboxylic acids is 1. The highest BCUT2D eigenvalue weighted by Crippen LogP contribution is 1.98. The largest absolute Gasteiger partial charge is 0.351 e. The van der Waals surface area contributed by atoms with Gasteiger partial charge in [-0.2, -0.15) is 0 Å². The molecule has 2 aromatic heterocycles. The molecule has 0 aromatic carbocycles. The summed E-state index contributed by atoms with van der Waals surface area (Å²) >= 11 is 0. The lowest BCUT2D eigenvalue weighted by atomic mass is 10.3. The summed E-state index contributed by atoms with van der Waals surface area (Å²) in [5.41, 5.74) is 2.48. The lowest BCUT2D eigenvalue weighted by Gasteiger charge is -2.06. The molecular formula is C16H20N4O. The first-order valence-electron chi connectivity index (χ1n) is 7.07. The van der Waals surface area contributed by atoms with E-state index < -0.39 is 0 Å². The molecule has 0 aliphatic heterocycles. The molecule has 0 bridgehead atoms. The first kappa shape index (κ1) is 15.1. The van der Waals surface area contributed by atoms with Crippen molar-refractivity contribution in [3.8, 4) is 0 Å². The average Bonchev–Trinajstić information content (AvgIpc) is 2.51. The Kier molecular flexibility index (Phi) is 5.84. The van der Waals surface area contributed by atoms with E-state index in [0.29, 0.717) is 12.2 Å². The fourth-order valence-corrected chi connectivity index (χ4v) is 1.91. The zero-order valence-corrected chi connectivity index (χ0v) is 12.2. The molecule has 110 valence electrons. The molecule has 5 nitrogen and oxygen atoms in total. The van der Waals surface area contributed by atoms with Crippen molar-refractivity contribution in [3.63, 3.8) is 0 Å². The lowest BCUT2D eigenvalue weighted by Crippen LogP contribution is -2.28. The molecule has 1 amide bonds. The van der Waals surface area contributed by atoms with E-state index in [1.807, 2.05) is 37.4 Å². The molecule has 0 saturated heterocycles. The number of nitrogens with zero attached hydrogens (tertiary/aromatic N) is 2. The van der Waals surface area contributed by atoms with Crippen LogP contribution in [0, 0.1) is 6.92 Å². The molecule has 0 aliphatic rings. The van der Waals surface area contributed by atoms with Crippen LogP contribution in [0.25, 0.3) is 0 Å². The number of aryl methyl sites for hydroxylation is 1. The fraction of sp³-hybridized carbons (Fsp3) is 0.312. The van der Waals surface area contributed by atoms with Crippen LogP contribution in [0.2, 0.25) is 0 Å². The summed E-state index contributed by atoms with van der Waals surface area (Å²) in [5, 5.41) is 6.19. The van der Waals surface area contributed by atoms with Crippen molar-refractivity contribution in [3.05, 3.63) is 59.7 Å². The maximum Gasteiger partial charge on any atom is 0.269 e. The first-order chi connectivity index (χ1) is 10.3. The molecule has 0 fully saturated rings. The third-order valence-electron chi connectivity index (χ3n) is 2.99. The van der Waals surface area contributed by atoms with Gasteiger partial charge in [-0.1, -0.05) is 12.1 Å². The third kappa shape index (κ3) is 5.31. The number of rotatable bonds is 7. The minimum atomic E-state index is -0.119. The molecule has 5 heteroatoms. The second-order valence-corrected chi connectivity index (χ2v) is 4.81. The number of hydrogen-bond donors (Lipinski definition) is 2. The number of amides is 1. The molecule has 0 radical (unpaired) electrons. The monoisotopic (exact) mass is 284 g/mol. The Labute approximate surface area is 124 Å². The molecule has 0 saturated carbocycles. The molecule has 0 aliphatic carbocycles. The van der Waals surface area contributed by atoms with Crippen molar-refractivity contribution in [1.29, 1.82) is 0 Å². The minimum Gasteiger partial charge on any atom is -0.351 e. The summed E-state index contributed by atoms with van der Waals surface area (Å²) in [6, 6.07) is 9.39. The summed E-state index contributed by atoms with van der Waals surface area (Å²) in [4.78, 5) is 20.1. The van der Waals surface area contributed by atoms with E-state index in [9.17, 15) is 4.79 Å². The molecular weight excluding hydrogens is 264 g/mol. The van der Waals surface area contributed by atoms with Crippen LogP contribution in [0.4, 0.5) is 0 Å². The van der Waals surface area contributed by atoms with Gasteiger partial charge in [0.05, 0.1) is 0 Å². The van der Waals surface area contributed by atoms with Crippen LogP contribution >= 0.6 is 0 Å². The van der Waals surface area contributed by atoms with Crippen LogP contribution < -0.4 is 10.6 Å². The zero-order valence-electron chi connectivity index (χ0n) is 12.2. The van der Waals surface area contributed by atoms with Gasteiger partial charge in [-0.3, -0.25) is 9.78 Å². The second-order valence-electron chi connectivity index (χ2n) is 4.81. The second kappa shape index (κ2) is 8.11. The van der Waals surface area contributed by atoms with Gasteiger partial charge in [0.25, 0.3) is 5.91 Å². The molecule has 2 N–H and O–H groups in total. The van der Waals surface area contributed by atoms with Gasteiger partial charge in [0.2, 0.25) is 0 Å². The quantitative estimate of drug-likeness (QED) is 0.759. The number of hydrogen-bond acceptors (Lipinski definition) is 4. The predicted molar refractivity (Wildman–Crippen MR) is 81.9 cm³/mol. The standard InChI is InChI=1S/C16H20N4O/c1-13-5-2-7-15(20-13)16(21)19-10-4-9-18-12-14-6-3-8-17-11-14/h2-3,5-8,11,18H,4,9-10,12H2,1H3,(H,19,21). The average molecular weight is 284 g/mol. The highest BCUT2D eigenvalue weighted by atomic mass is 16.1. The van der Waals surface area contributed by atoms with E-state index in [-0.39, 0.29) is 5.91 Å². The minimum absolute atomic E-state index is 0.119. The van der Waals surface area contributed by atoms with Gasteiger partial charge in [-0.25, -0.2) is 4.98 Å². The Hall–Kier alpha value is -2.27. The zero-order chi connectivity index (χ0) is 14.9. The number of nitrogens with one attached hydrogen (secondary N) is 2. The van der Waals surface area contributed by atoms with Crippen LogP contribution in [-0.2, 0) is 6.54 Å². The van der Waals surface area contributed by atoms with E-state index in [1.165, 1.54) is 0 Å². The maximum absolute atomic E-state index is 11.8. The van der Waals surface area contributed by atoms with Gasteiger partial charge in [0.15, 0.2) is 0 Å². The fourth-order valence-electron chi connectivity index (χ4n) is 1.91. The number of aromatic nitrogens is 2. The smallest absolute Gasteiger partial charge is 0.269 e. The van der Waals surface area contributed by atoms with Crippen molar-refractivity contribution in [1.82, 2.24) is 20.6 Å². The normalized spacial score (nSPS) is 10.3. The summed E-state index contributed by atoms with van der Waals surface area (Å²) in [7, 11) is 0. The Morgan fingerprint density at radius 3 is 2.86 bits per heavy atom. The van der Waals surface area contributed by atoms with Crippen LogP contribution in [0.3, 0.4) is 0 Å². The topological polar surface area (TPSA) is 66.9 Å². The van der Waals surface area contributed by atoms with E-state index in [2.05, 4.69) is 20.6 Å². The van der Waals surface area contributed by atoms with Gasteiger partial charge in [0.1, 0.15) is 5.69 Å². The van der Waals surface area contributed by atoms with Crippen LogP contribution in [0.1, 0.15) is 28.2 Å². The lowest BCUT2D eigenvalue weighted by molar-refractivity contribution is 0.0948. The van der Waals surface area contributed by atoms with Gasteiger partial charge >= 0.3 is 0 Å².